The minimum Gasteiger partial charge on any atom is -0.422 e. The van der Waals surface area contributed by atoms with Gasteiger partial charge < -0.3 is 8.83 Å². The van der Waals surface area contributed by atoms with E-state index in [0.29, 0.717) is 32.0 Å². The smallest absolute Gasteiger partial charge is 0.347 e. The van der Waals surface area contributed by atoms with Gasteiger partial charge in [-0.3, -0.25) is 9.59 Å². The molecule has 30 heavy (non-hydrogen) atoms. The molecule has 2 heterocycles. The van der Waals surface area contributed by atoms with Crippen molar-refractivity contribution >= 4 is 56.7 Å². The van der Waals surface area contributed by atoms with Crippen LogP contribution in [-0.2, 0) is 0 Å². The summed E-state index contributed by atoms with van der Waals surface area (Å²) in [6, 6.07) is 12.1. The molecule has 0 aliphatic heterocycles. The van der Waals surface area contributed by atoms with Crippen molar-refractivity contribution < 1.29 is 18.4 Å². The van der Waals surface area contributed by atoms with E-state index in [2.05, 4.69) is 0 Å². The van der Waals surface area contributed by atoms with E-state index in [4.69, 9.17) is 32.0 Å². The first-order valence-electron chi connectivity index (χ1n) is 8.85. The summed E-state index contributed by atoms with van der Waals surface area (Å²) in [5.41, 5.74) is -1.39. The summed E-state index contributed by atoms with van der Waals surface area (Å²) in [4.78, 5) is 49.3. The number of ketones is 2. The Morgan fingerprint density at radius 1 is 0.667 bits per heavy atom. The molecule has 0 saturated heterocycles. The minimum atomic E-state index is -0.804. The van der Waals surface area contributed by atoms with Gasteiger partial charge in [0, 0.05) is 33.7 Å². The van der Waals surface area contributed by atoms with Crippen LogP contribution in [0.5, 0.6) is 0 Å². The average Bonchev–Trinajstić information content (AvgIpc) is 2.71. The second-order valence-corrected chi connectivity index (χ2v) is 7.48. The van der Waals surface area contributed by atoms with Crippen LogP contribution in [-0.4, -0.2) is 11.6 Å². The van der Waals surface area contributed by atoms with Gasteiger partial charge in [-0.25, -0.2) is 9.59 Å². The van der Waals surface area contributed by atoms with Crippen LogP contribution in [0.4, 0.5) is 0 Å². The third-order valence-corrected chi connectivity index (χ3v) is 5.04. The van der Waals surface area contributed by atoms with E-state index >= 15 is 0 Å². The van der Waals surface area contributed by atoms with E-state index in [0.717, 1.165) is 0 Å². The van der Waals surface area contributed by atoms with Gasteiger partial charge in [-0.05, 0) is 48.5 Å². The molecule has 0 spiro atoms. The van der Waals surface area contributed by atoms with Crippen LogP contribution in [0.1, 0.15) is 33.6 Å². The second kappa shape index (κ2) is 7.89. The fourth-order valence-electron chi connectivity index (χ4n) is 3.07. The monoisotopic (exact) mass is 442 g/mol. The van der Waals surface area contributed by atoms with E-state index in [9.17, 15) is 19.2 Å². The second-order valence-electron chi connectivity index (χ2n) is 6.61. The fourth-order valence-corrected chi connectivity index (χ4v) is 3.43. The summed E-state index contributed by atoms with van der Waals surface area (Å²) < 4.78 is 10.3. The van der Waals surface area contributed by atoms with Crippen LogP contribution in [0.3, 0.4) is 0 Å². The van der Waals surface area contributed by atoms with Gasteiger partial charge >= 0.3 is 11.3 Å². The molecular weight excluding hydrogens is 431 g/mol. The van der Waals surface area contributed by atoms with Crippen LogP contribution in [0.25, 0.3) is 21.9 Å². The number of carbonyl (C=O) groups excluding carboxylic acids is 2. The highest BCUT2D eigenvalue weighted by Crippen LogP contribution is 2.21. The molecule has 0 radical (unpaired) electrons. The summed E-state index contributed by atoms with van der Waals surface area (Å²) in [6.45, 7) is 0. The number of benzene rings is 2. The van der Waals surface area contributed by atoms with Crippen molar-refractivity contribution in [2.24, 2.45) is 0 Å². The molecule has 0 fully saturated rings. The van der Waals surface area contributed by atoms with E-state index in [1.54, 1.807) is 24.3 Å². The highest BCUT2D eigenvalue weighted by molar-refractivity contribution is 6.31. The Balaban J connectivity index is 1.57. The summed E-state index contributed by atoms with van der Waals surface area (Å²) in [5.74, 6) is -1.15. The molecule has 0 amide bonds. The normalized spacial score (nSPS) is 11.1. The van der Waals surface area contributed by atoms with Crippen molar-refractivity contribution in [3.8, 4) is 0 Å². The Kier molecular flexibility index (Phi) is 5.28. The lowest BCUT2D eigenvalue weighted by Crippen LogP contribution is -2.17. The van der Waals surface area contributed by atoms with Gasteiger partial charge in [0.25, 0.3) is 0 Å². The van der Waals surface area contributed by atoms with Crippen LogP contribution >= 0.6 is 23.2 Å². The Hall–Kier alpha value is -3.22. The number of halogens is 2. The number of carbonyl (C=O) groups is 2. The molecule has 0 unspecified atom stereocenters. The van der Waals surface area contributed by atoms with Gasteiger partial charge in [-0.15, -0.1) is 0 Å². The summed E-state index contributed by atoms with van der Waals surface area (Å²) >= 11 is 11.9. The van der Waals surface area contributed by atoms with E-state index in [1.807, 2.05) is 0 Å². The molecule has 0 saturated carbocycles. The third-order valence-electron chi connectivity index (χ3n) is 4.57. The summed E-state index contributed by atoms with van der Waals surface area (Å²) in [7, 11) is 0. The number of rotatable bonds is 5. The Labute approximate surface area is 178 Å². The maximum Gasteiger partial charge on any atom is 0.347 e. The van der Waals surface area contributed by atoms with E-state index < -0.39 is 22.8 Å². The van der Waals surface area contributed by atoms with Crippen molar-refractivity contribution in [2.75, 3.05) is 0 Å². The van der Waals surface area contributed by atoms with Gasteiger partial charge in [-0.2, -0.15) is 0 Å². The Morgan fingerprint density at radius 3 is 1.47 bits per heavy atom. The lowest BCUT2D eigenvalue weighted by Gasteiger charge is -2.04. The predicted molar refractivity (Wildman–Crippen MR) is 113 cm³/mol. The molecule has 6 nitrogen and oxygen atoms in total. The quantitative estimate of drug-likeness (QED) is 0.317. The van der Waals surface area contributed by atoms with Crippen LogP contribution < -0.4 is 11.3 Å². The zero-order chi connectivity index (χ0) is 21.4. The third kappa shape index (κ3) is 3.92. The SMILES string of the molecule is O=C(CCC(=O)c1cc2cc(Cl)ccc2oc1=O)c1cc2cc(Cl)ccc2oc1=O. The maximum atomic E-state index is 12.5. The highest BCUT2D eigenvalue weighted by atomic mass is 35.5. The molecule has 150 valence electrons. The van der Waals surface area contributed by atoms with Crippen LogP contribution in [0.2, 0.25) is 10.0 Å². The first-order chi connectivity index (χ1) is 14.3. The predicted octanol–water partition coefficient (Wildman–Crippen LogP) is 5.05. The summed E-state index contributed by atoms with van der Waals surface area (Å²) in [5, 5.41) is 1.83. The number of fused-ring (bicyclic) bond motifs is 2. The average molecular weight is 443 g/mol. The molecule has 4 aromatic rings. The van der Waals surface area contributed by atoms with Gasteiger partial charge in [0.15, 0.2) is 11.6 Å². The zero-order valence-corrected chi connectivity index (χ0v) is 16.8. The lowest BCUT2D eigenvalue weighted by atomic mass is 10.0. The zero-order valence-electron chi connectivity index (χ0n) is 15.2. The van der Waals surface area contributed by atoms with Gasteiger partial charge in [0.05, 0.1) is 0 Å². The Bertz CT molecular complexity index is 1340. The van der Waals surface area contributed by atoms with E-state index in [1.165, 1.54) is 24.3 Å². The maximum absolute atomic E-state index is 12.5. The topological polar surface area (TPSA) is 94.6 Å². The molecule has 2 aromatic heterocycles. The molecule has 8 heteroatoms. The number of Topliss-reactive ketones (excluding diaryl/α,β-unsaturated/α-hetero) is 2. The first-order valence-corrected chi connectivity index (χ1v) is 9.60. The molecule has 0 bridgehead atoms. The minimum absolute atomic E-state index is 0.185. The molecular formula is C22H12Cl2O6. The molecule has 2 aromatic carbocycles. The number of hydrogen-bond acceptors (Lipinski definition) is 6. The standard InChI is InChI=1S/C22H12Cl2O6/c23-13-1-5-19-11(7-13)9-15(21(27)29-19)17(25)3-4-18(26)16-10-12-8-14(24)2-6-20(12)30-22(16)28/h1-2,5-10H,3-4H2. The van der Waals surface area contributed by atoms with Crippen LogP contribution in [0, 0.1) is 0 Å². The number of hydrogen-bond donors (Lipinski definition) is 0. The van der Waals surface area contributed by atoms with Gasteiger partial charge in [0.2, 0.25) is 0 Å². The Morgan fingerprint density at radius 2 is 1.07 bits per heavy atom. The highest BCUT2D eigenvalue weighted by Gasteiger charge is 2.19. The molecule has 0 atom stereocenters. The van der Waals surface area contributed by atoms with Crippen LogP contribution in [0.15, 0.2) is 67.0 Å². The largest absolute Gasteiger partial charge is 0.422 e. The summed E-state index contributed by atoms with van der Waals surface area (Å²) in [6.07, 6.45) is -0.550. The fraction of sp³-hybridized carbons (Fsp3) is 0.0909. The molecule has 0 aliphatic carbocycles. The van der Waals surface area contributed by atoms with Crippen molar-refractivity contribution in [3.05, 3.63) is 90.5 Å². The van der Waals surface area contributed by atoms with Crippen molar-refractivity contribution in [1.82, 2.24) is 0 Å². The van der Waals surface area contributed by atoms with E-state index in [-0.39, 0.29) is 24.0 Å². The molecule has 0 N–H and O–H groups in total. The van der Waals surface area contributed by atoms with Crippen molar-refractivity contribution in [3.63, 3.8) is 0 Å². The van der Waals surface area contributed by atoms with Gasteiger partial charge in [0.1, 0.15) is 22.3 Å². The van der Waals surface area contributed by atoms with Crippen molar-refractivity contribution in [2.45, 2.75) is 12.8 Å². The van der Waals surface area contributed by atoms with Gasteiger partial charge in [-0.1, -0.05) is 23.2 Å². The lowest BCUT2D eigenvalue weighted by molar-refractivity contribution is 0.0913. The molecule has 4 rings (SSSR count). The van der Waals surface area contributed by atoms with Crippen molar-refractivity contribution in [1.29, 1.82) is 0 Å². The first kappa shape index (κ1) is 20.1. The molecule has 0 aliphatic rings.